The Morgan fingerprint density at radius 1 is 1.24 bits per heavy atom. The normalized spacial score (nSPS) is 10.9. The number of methoxy groups -OCH3 is 1. The van der Waals surface area contributed by atoms with E-state index in [0.717, 1.165) is 16.7 Å². The summed E-state index contributed by atoms with van der Waals surface area (Å²) >= 11 is 0. The van der Waals surface area contributed by atoms with Gasteiger partial charge in [0.15, 0.2) is 11.6 Å². The number of ether oxygens (including phenoxy) is 1. The van der Waals surface area contributed by atoms with E-state index in [2.05, 4.69) is 5.16 Å². The molecule has 2 aromatic heterocycles. The Morgan fingerprint density at radius 2 is 2.12 bits per heavy atom. The number of anilines is 1. The van der Waals surface area contributed by atoms with Crippen molar-refractivity contribution in [3.8, 4) is 17.3 Å². The van der Waals surface area contributed by atoms with Crippen LogP contribution in [0, 0.1) is 0 Å². The zero-order valence-electron chi connectivity index (χ0n) is 9.14. The molecule has 3 aromatic rings. The van der Waals surface area contributed by atoms with Crippen LogP contribution in [0.2, 0.25) is 0 Å². The second-order valence-corrected chi connectivity index (χ2v) is 3.60. The van der Waals surface area contributed by atoms with Crippen molar-refractivity contribution in [1.82, 2.24) is 5.16 Å². The number of aromatic nitrogens is 1. The van der Waals surface area contributed by atoms with Gasteiger partial charge in [-0.25, -0.2) is 0 Å². The molecule has 2 heterocycles. The van der Waals surface area contributed by atoms with Crippen molar-refractivity contribution in [3.05, 3.63) is 30.3 Å². The first-order chi connectivity index (χ1) is 8.28. The number of hydrogen-bond acceptors (Lipinski definition) is 5. The molecule has 0 unspecified atom stereocenters. The van der Waals surface area contributed by atoms with Crippen LogP contribution in [-0.2, 0) is 0 Å². The van der Waals surface area contributed by atoms with Crippen LogP contribution < -0.4 is 10.5 Å². The molecule has 5 heteroatoms. The summed E-state index contributed by atoms with van der Waals surface area (Å²) in [4.78, 5) is 0. The van der Waals surface area contributed by atoms with Crippen LogP contribution in [-0.4, -0.2) is 12.3 Å². The minimum atomic E-state index is 0.326. The largest absolute Gasteiger partial charge is 0.496 e. The van der Waals surface area contributed by atoms with Crippen molar-refractivity contribution in [3.63, 3.8) is 0 Å². The van der Waals surface area contributed by atoms with Crippen molar-refractivity contribution in [2.24, 2.45) is 0 Å². The van der Waals surface area contributed by atoms with Crippen molar-refractivity contribution < 1.29 is 13.7 Å². The Hall–Kier alpha value is -2.43. The minimum absolute atomic E-state index is 0.326. The molecule has 1 aromatic carbocycles. The third-order valence-corrected chi connectivity index (χ3v) is 2.51. The molecular formula is C12H10N2O3. The molecule has 0 bridgehead atoms. The fourth-order valence-corrected chi connectivity index (χ4v) is 1.74. The lowest BCUT2D eigenvalue weighted by Gasteiger charge is -1.98. The van der Waals surface area contributed by atoms with Crippen molar-refractivity contribution in [2.75, 3.05) is 12.8 Å². The van der Waals surface area contributed by atoms with Crippen LogP contribution in [0.25, 0.3) is 22.5 Å². The summed E-state index contributed by atoms with van der Waals surface area (Å²) in [6.45, 7) is 0. The molecule has 5 nitrogen and oxygen atoms in total. The van der Waals surface area contributed by atoms with Gasteiger partial charge in [0.1, 0.15) is 11.3 Å². The number of furan rings is 1. The SMILES string of the molecule is COc1cccc2oc(-c3cc(N)no3)cc12. The van der Waals surface area contributed by atoms with E-state index >= 15 is 0 Å². The predicted octanol–water partition coefficient (Wildman–Crippen LogP) is 2.68. The van der Waals surface area contributed by atoms with E-state index in [9.17, 15) is 0 Å². The van der Waals surface area contributed by atoms with Crippen molar-refractivity contribution in [1.29, 1.82) is 0 Å². The number of hydrogen-bond donors (Lipinski definition) is 1. The summed E-state index contributed by atoms with van der Waals surface area (Å²) < 4.78 is 15.9. The standard InChI is InChI=1S/C12H10N2O3/c1-15-8-3-2-4-9-7(8)5-10(16-9)11-6-12(13)14-17-11/h2-6H,1H3,(H2,13,14). The number of nitrogens with two attached hydrogens (primary N) is 1. The van der Waals surface area contributed by atoms with Gasteiger partial charge in [0.05, 0.1) is 12.5 Å². The predicted molar refractivity (Wildman–Crippen MR) is 62.7 cm³/mol. The summed E-state index contributed by atoms with van der Waals surface area (Å²) in [7, 11) is 1.62. The number of nitrogen functional groups attached to an aromatic ring is 1. The van der Waals surface area contributed by atoms with Crippen LogP contribution in [0.15, 0.2) is 39.3 Å². The number of rotatable bonds is 2. The average Bonchev–Trinajstić information content (AvgIpc) is 2.93. The van der Waals surface area contributed by atoms with Gasteiger partial charge in [0.2, 0.25) is 5.76 Å². The van der Waals surface area contributed by atoms with E-state index in [4.69, 9.17) is 19.4 Å². The van der Waals surface area contributed by atoms with Gasteiger partial charge in [-0.3, -0.25) is 0 Å². The third-order valence-electron chi connectivity index (χ3n) is 2.51. The summed E-state index contributed by atoms with van der Waals surface area (Å²) in [6, 6.07) is 9.05. The molecular weight excluding hydrogens is 220 g/mol. The summed E-state index contributed by atoms with van der Waals surface area (Å²) in [6.07, 6.45) is 0. The quantitative estimate of drug-likeness (QED) is 0.732. The van der Waals surface area contributed by atoms with Gasteiger partial charge >= 0.3 is 0 Å². The highest BCUT2D eigenvalue weighted by atomic mass is 16.5. The summed E-state index contributed by atoms with van der Waals surface area (Å²) in [5.74, 6) is 2.16. The molecule has 0 saturated carbocycles. The molecule has 0 aliphatic rings. The van der Waals surface area contributed by atoms with Gasteiger partial charge in [-0.15, -0.1) is 0 Å². The van der Waals surface area contributed by atoms with E-state index < -0.39 is 0 Å². The lowest BCUT2D eigenvalue weighted by Crippen LogP contribution is -1.81. The highest BCUT2D eigenvalue weighted by molar-refractivity contribution is 5.87. The van der Waals surface area contributed by atoms with Gasteiger partial charge in [-0.05, 0) is 18.2 Å². The van der Waals surface area contributed by atoms with Gasteiger partial charge < -0.3 is 19.4 Å². The van der Waals surface area contributed by atoms with Gasteiger partial charge in [-0.1, -0.05) is 11.2 Å². The molecule has 2 N–H and O–H groups in total. The second-order valence-electron chi connectivity index (χ2n) is 3.60. The average molecular weight is 230 g/mol. The molecule has 17 heavy (non-hydrogen) atoms. The Kier molecular flexibility index (Phi) is 2.04. The van der Waals surface area contributed by atoms with Crippen LogP contribution >= 0.6 is 0 Å². The van der Waals surface area contributed by atoms with Crippen LogP contribution in [0.1, 0.15) is 0 Å². The maximum atomic E-state index is 5.64. The molecule has 0 saturated heterocycles. The third kappa shape index (κ3) is 1.52. The molecule has 0 aliphatic heterocycles. The van der Waals surface area contributed by atoms with E-state index in [-0.39, 0.29) is 0 Å². The molecule has 0 fully saturated rings. The maximum Gasteiger partial charge on any atom is 0.204 e. The zero-order chi connectivity index (χ0) is 11.8. The first-order valence-electron chi connectivity index (χ1n) is 5.07. The van der Waals surface area contributed by atoms with Crippen molar-refractivity contribution in [2.45, 2.75) is 0 Å². The van der Waals surface area contributed by atoms with Crippen LogP contribution in [0.4, 0.5) is 5.82 Å². The molecule has 0 amide bonds. The van der Waals surface area contributed by atoms with E-state index in [1.54, 1.807) is 13.2 Å². The fraction of sp³-hybridized carbons (Fsp3) is 0.0833. The topological polar surface area (TPSA) is 74.4 Å². The zero-order valence-corrected chi connectivity index (χ0v) is 9.14. The summed E-state index contributed by atoms with van der Waals surface area (Å²) in [5.41, 5.74) is 6.23. The van der Waals surface area contributed by atoms with Gasteiger partial charge in [-0.2, -0.15) is 0 Å². The van der Waals surface area contributed by atoms with E-state index in [1.165, 1.54) is 0 Å². The molecule has 0 spiro atoms. The minimum Gasteiger partial charge on any atom is -0.496 e. The second kappa shape index (κ2) is 3.55. The first-order valence-corrected chi connectivity index (χ1v) is 5.07. The number of benzene rings is 1. The molecule has 0 aliphatic carbocycles. The summed E-state index contributed by atoms with van der Waals surface area (Å²) in [5, 5.41) is 4.51. The molecule has 3 rings (SSSR count). The smallest absolute Gasteiger partial charge is 0.204 e. The van der Waals surface area contributed by atoms with Gasteiger partial charge in [0, 0.05) is 6.07 Å². The van der Waals surface area contributed by atoms with E-state index in [1.807, 2.05) is 24.3 Å². The molecule has 86 valence electrons. The molecule has 0 radical (unpaired) electrons. The fourth-order valence-electron chi connectivity index (χ4n) is 1.74. The first kappa shape index (κ1) is 9.77. The Bertz CT molecular complexity index is 669. The lowest BCUT2D eigenvalue weighted by atomic mass is 10.2. The monoisotopic (exact) mass is 230 g/mol. The highest BCUT2D eigenvalue weighted by Gasteiger charge is 2.13. The number of fused-ring (bicyclic) bond motifs is 1. The van der Waals surface area contributed by atoms with Crippen LogP contribution in [0.3, 0.4) is 0 Å². The van der Waals surface area contributed by atoms with Crippen LogP contribution in [0.5, 0.6) is 5.75 Å². The Labute approximate surface area is 96.7 Å². The van der Waals surface area contributed by atoms with Crippen molar-refractivity contribution >= 4 is 16.8 Å². The van der Waals surface area contributed by atoms with Gasteiger partial charge in [0.25, 0.3) is 0 Å². The number of nitrogens with zero attached hydrogens (tertiary/aromatic N) is 1. The lowest BCUT2D eigenvalue weighted by molar-refractivity contribution is 0.419. The Morgan fingerprint density at radius 3 is 2.82 bits per heavy atom. The molecule has 0 atom stereocenters. The highest BCUT2D eigenvalue weighted by Crippen LogP contribution is 2.33. The maximum absolute atomic E-state index is 5.64. The Balaban J connectivity index is 2.19. The van der Waals surface area contributed by atoms with E-state index in [0.29, 0.717) is 17.3 Å².